The normalized spacial score (nSPS) is 14.0. The lowest BCUT2D eigenvalue weighted by atomic mass is 10.1. The number of nitro groups is 1. The molecule has 2 aromatic carbocycles. The van der Waals surface area contributed by atoms with Crippen LogP contribution >= 0.6 is 34.2 Å². The highest BCUT2D eigenvalue weighted by Crippen LogP contribution is 2.35. The summed E-state index contributed by atoms with van der Waals surface area (Å²) in [6.45, 7) is 1.65. The minimum absolute atomic E-state index is 0.0133. The van der Waals surface area contributed by atoms with Gasteiger partial charge < -0.3 is 18.9 Å². The Hall–Kier alpha value is -3.19. The van der Waals surface area contributed by atoms with Gasteiger partial charge in [0.25, 0.3) is 5.69 Å². The first kappa shape index (κ1) is 24.5. The molecule has 0 unspecified atom stereocenters. The molecule has 0 fully saturated rings. The van der Waals surface area contributed by atoms with Crippen molar-refractivity contribution in [3.63, 3.8) is 0 Å². The third-order valence-electron chi connectivity index (χ3n) is 4.21. The summed E-state index contributed by atoms with van der Waals surface area (Å²) in [5.41, 5.74) is 0.445. The minimum Gasteiger partial charge on any atom is -0.493 e. The maximum absolute atomic E-state index is 12.3. The molecule has 0 saturated heterocycles. The van der Waals surface area contributed by atoms with Crippen LogP contribution in [0.1, 0.15) is 18.1 Å². The quantitative estimate of drug-likeness (QED) is 0.148. The van der Waals surface area contributed by atoms with Crippen molar-refractivity contribution in [3.05, 3.63) is 65.9 Å². The van der Waals surface area contributed by atoms with Gasteiger partial charge in [0.15, 0.2) is 23.8 Å². The van der Waals surface area contributed by atoms with Crippen molar-refractivity contribution in [2.45, 2.75) is 6.92 Å². The number of nitro benzene ring substituents is 1. The van der Waals surface area contributed by atoms with Crippen molar-refractivity contribution in [1.29, 1.82) is 0 Å². The number of carbonyl (C=O) groups excluding carboxylic acids is 2. The molecule has 0 amide bonds. The van der Waals surface area contributed by atoms with Gasteiger partial charge in [-0.2, -0.15) is 0 Å². The van der Waals surface area contributed by atoms with Crippen LogP contribution in [0.15, 0.2) is 41.0 Å². The lowest BCUT2D eigenvalue weighted by molar-refractivity contribution is -0.384. The number of methoxy groups -OCH3 is 1. The highest BCUT2D eigenvalue weighted by atomic mass is 127. The number of benzene rings is 2. The molecule has 1 aliphatic rings. The summed E-state index contributed by atoms with van der Waals surface area (Å²) < 4.78 is 21.5. The van der Waals surface area contributed by atoms with Crippen LogP contribution in [0.25, 0.3) is 6.08 Å². The third-order valence-corrected chi connectivity index (χ3v) is 5.33. The Labute approximate surface area is 206 Å². The largest absolute Gasteiger partial charge is 0.493 e. The molecule has 1 aliphatic heterocycles. The molecule has 172 valence electrons. The van der Waals surface area contributed by atoms with Gasteiger partial charge in [0.05, 0.1) is 22.2 Å². The summed E-state index contributed by atoms with van der Waals surface area (Å²) in [5.74, 6) is -0.636. The smallest absolute Gasteiger partial charge is 0.363 e. The number of cyclic esters (lactones) is 1. The van der Waals surface area contributed by atoms with E-state index in [1.54, 1.807) is 19.1 Å². The first-order valence-electron chi connectivity index (χ1n) is 9.36. The number of nitrogens with zero attached hydrogens (tertiary/aromatic N) is 2. The fourth-order valence-corrected chi connectivity index (χ4v) is 3.74. The molecular formula is C21H16ClIN2O8. The van der Waals surface area contributed by atoms with Gasteiger partial charge in [0, 0.05) is 11.6 Å². The van der Waals surface area contributed by atoms with Gasteiger partial charge >= 0.3 is 11.9 Å². The number of carbonyl (C=O) groups is 2. The van der Waals surface area contributed by atoms with Gasteiger partial charge in [0.2, 0.25) is 5.90 Å². The van der Waals surface area contributed by atoms with Crippen LogP contribution in [-0.4, -0.2) is 43.1 Å². The molecule has 0 radical (unpaired) electrons. The Bertz CT molecular complexity index is 1200. The second-order valence-electron chi connectivity index (χ2n) is 6.39. The molecule has 33 heavy (non-hydrogen) atoms. The van der Waals surface area contributed by atoms with E-state index >= 15 is 0 Å². The van der Waals surface area contributed by atoms with Crippen molar-refractivity contribution in [2.24, 2.45) is 4.99 Å². The lowest BCUT2D eigenvalue weighted by Crippen LogP contribution is -2.15. The van der Waals surface area contributed by atoms with Crippen LogP contribution in [-0.2, 0) is 19.1 Å². The van der Waals surface area contributed by atoms with E-state index in [1.165, 1.54) is 31.4 Å². The summed E-state index contributed by atoms with van der Waals surface area (Å²) in [7, 11) is 1.44. The summed E-state index contributed by atoms with van der Waals surface area (Å²) in [5, 5.41) is 11.1. The van der Waals surface area contributed by atoms with Gasteiger partial charge in [0.1, 0.15) is 5.02 Å². The molecule has 1 heterocycles. The van der Waals surface area contributed by atoms with Crippen molar-refractivity contribution >= 4 is 63.8 Å². The first-order valence-corrected chi connectivity index (χ1v) is 10.8. The summed E-state index contributed by atoms with van der Waals surface area (Å²) in [6.07, 6.45) is 1.47. The van der Waals surface area contributed by atoms with Crippen LogP contribution < -0.4 is 9.47 Å². The molecule has 0 spiro atoms. The number of hydrogen-bond donors (Lipinski definition) is 0. The topological polar surface area (TPSA) is 127 Å². The van der Waals surface area contributed by atoms with Crippen molar-refractivity contribution in [3.8, 4) is 11.5 Å². The van der Waals surface area contributed by atoms with Crippen LogP contribution in [0.3, 0.4) is 0 Å². The maximum atomic E-state index is 12.3. The average Bonchev–Trinajstić information content (AvgIpc) is 3.13. The van der Waals surface area contributed by atoms with E-state index in [9.17, 15) is 19.7 Å². The molecule has 3 rings (SSSR count). The Balaban J connectivity index is 1.89. The lowest BCUT2D eigenvalue weighted by Gasteiger charge is -2.13. The monoisotopic (exact) mass is 586 g/mol. The molecule has 0 aromatic heterocycles. The zero-order chi connectivity index (χ0) is 24.1. The van der Waals surface area contributed by atoms with Crippen molar-refractivity contribution < 1.29 is 33.5 Å². The predicted octanol–water partition coefficient (Wildman–Crippen LogP) is 4.15. The number of hydrogen-bond acceptors (Lipinski definition) is 9. The summed E-state index contributed by atoms with van der Waals surface area (Å²) >= 11 is 7.83. The van der Waals surface area contributed by atoms with E-state index in [0.29, 0.717) is 20.6 Å². The Kier molecular flexibility index (Phi) is 7.87. The van der Waals surface area contributed by atoms with E-state index in [1.807, 2.05) is 22.6 Å². The molecular weight excluding hydrogens is 571 g/mol. The first-order chi connectivity index (χ1) is 15.7. The number of ether oxygens (including phenoxy) is 4. The number of aliphatic imine (C=N–C) groups is 1. The second kappa shape index (κ2) is 10.6. The molecule has 0 bridgehead atoms. The number of esters is 2. The Morgan fingerprint density at radius 3 is 2.76 bits per heavy atom. The summed E-state index contributed by atoms with van der Waals surface area (Å²) in [6, 6.07) is 7.27. The Morgan fingerprint density at radius 1 is 1.33 bits per heavy atom. The molecule has 12 heteroatoms. The third kappa shape index (κ3) is 5.79. The van der Waals surface area contributed by atoms with E-state index in [4.69, 9.17) is 30.5 Å². The van der Waals surface area contributed by atoms with Gasteiger partial charge in [-0.05, 0) is 65.4 Å². The van der Waals surface area contributed by atoms with Crippen molar-refractivity contribution in [1.82, 2.24) is 0 Å². The fraction of sp³-hybridized carbons (Fsp3) is 0.190. The van der Waals surface area contributed by atoms with Gasteiger partial charge in [-0.25, -0.2) is 14.6 Å². The fourth-order valence-electron chi connectivity index (χ4n) is 2.77. The van der Waals surface area contributed by atoms with Crippen LogP contribution in [0.5, 0.6) is 11.5 Å². The molecule has 0 aliphatic carbocycles. The highest BCUT2D eigenvalue weighted by Gasteiger charge is 2.26. The SMILES string of the molecule is CCOC(=O)COc1c(I)cc(/C=C2\N=C(c3ccc(Cl)c([N+](=O)[O-])c3)OC2=O)cc1OC. The van der Waals surface area contributed by atoms with Gasteiger partial charge in [-0.1, -0.05) is 11.6 Å². The van der Waals surface area contributed by atoms with E-state index in [-0.39, 0.29) is 41.1 Å². The van der Waals surface area contributed by atoms with Crippen LogP contribution in [0.2, 0.25) is 5.02 Å². The standard InChI is InChI=1S/C21H16ClIN2O8/c1-3-31-18(26)10-32-19-14(23)6-11(8-17(19)30-2)7-15-21(27)33-20(24-15)12-4-5-13(22)16(9-12)25(28)29/h4-9H,3,10H2,1-2H3/b15-7-. The van der Waals surface area contributed by atoms with E-state index in [2.05, 4.69) is 4.99 Å². The van der Waals surface area contributed by atoms with Crippen LogP contribution in [0.4, 0.5) is 5.69 Å². The minimum atomic E-state index is -0.723. The zero-order valence-electron chi connectivity index (χ0n) is 17.3. The van der Waals surface area contributed by atoms with E-state index in [0.717, 1.165) is 0 Å². The summed E-state index contributed by atoms with van der Waals surface area (Å²) in [4.78, 5) is 38.5. The molecule has 10 nitrogen and oxygen atoms in total. The molecule has 0 N–H and O–H groups in total. The predicted molar refractivity (Wildman–Crippen MR) is 127 cm³/mol. The van der Waals surface area contributed by atoms with Gasteiger partial charge in [-0.3, -0.25) is 10.1 Å². The Morgan fingerprint density at radius 2 is 2.09 bits per heavy atom. The van der Waals surface area contributed by atoms with Crippen LogP contribution in [0, 0.1) is 13.7 Å². The number of rotatable bonds is 8. The van der Waals surface area contributed by atoms with E-state index < -0.39 is 16.9 Å². The highest BCUT2D eigenvalue weighted by molar-refractivity contribution is 14.1. The number of halogens is 2. The second-order valence-corrected chi connectivity index (χ2v) is 7.96. The van der Waals surface area contributed by atoms with Crippen molar-refractivity contribution in [2.75, 3.05) is 20.3 Å². The zero-order valence-corrected chi connectivity index (χ0v) is 20.2. The van der Waals surface area contributed by atoms with Gasteiger partial charge in [-0.15, -0.1) is 0 Å². The molecule has 0 atom stereocenters. The molecule has 0 saturated carbocycles. The molecule has 2 aromatic rings. The average molecular weight is 587 g/mol. The maximum Gasteiger partial charge on any atom is 0.363 e.